The van der Waals surface area contributed by atoms with Crippen molar-refractivity contribution in [2.75, 3.05) is 6.61 Å². The predicted molar refractivity (Wildman–Crippen MR) is 66.6 cm³/mol. The summed E-state index contributed by atoms with van der Waals surface area (Å²) in [4.78, 5) is 4.48. The number of alkyl halides is 3. The fourth-order valence-electron chi connectivity index (χ4n) is 2.34. The van der Waals surface area contributed by atoms with Crippen LogP contribution in [0, 0.1) is 0 Å². The lowest BCUT2D eigenvalue weighted by molar-refractivity contribution is -0.192. The summed E-state index contributed by atoms with van der Waals surface area (Å²) in [6.45, 7) is 0.517. The van der Waals surface area contributed by atoms with Crippen LogP contribution in [0.25, 0.3) is 0 Å². The third kappa shape index (κ3) is 4.21. The summed E-state index contributed by atoms with van der Waals surface area (Å²) in [6.07, 6.45) is 0.252. The molecule has 19 heavy (non-hydrogen) atoms. The van der Waals surface area contributed by atoms with Crippen molar-refractivity contribution in [3.8, 4) is 0 Å². The van der Waals surface area contributed by atoms with E-state index in [9.17, 15) is 13.2 Å². The molecule has 0 heterocycles. The summed E-state index contributed by atoms with van der Waals surface area (Å²) < 4.78 is 35.9. The van der Waals surface area contributed by atoms with Gasteiger partial charge in [0.15, 0.2) is 6.61 Å². The van der Waals surface area contributed by atoms with Crippen LogP contribution in [0.2, 0.25) is 0 Å². The molecule has 0 aromatic heterocycles. The zero-order valence-electron chi connectivity index (χ0n) is 10.9. The summed E-state index contributed by atoms with van der Waals surface area (Å²) in [7, 11) is 0. The second kappa shape index (κ2) is 5.92. The van der Waals surface area contributed by atoms with E-state index in [1.807, 2.05) is 6.07 Å². The maximum atomic E-state index is 12.0. The first kappa shape index (κ1) is 14.3. The van der Waals surface area contributed by atoms with Gasteiger partial charge in [-0.25, -0.2) is 0 Å². The van der Waals surface area contributed by atoms with Crippen LogP contribution in [-0.4, -0.2) is 12.8 Å². The van der Waals surface area contributed by atoms with Crippen molar-refractivity contribution in [1.29, 1.82) is 0 Å². The number of aryl methyl sites for hydroxylation is 2. The Morgan fingerprint density at radius 1 is 1.21 bits per heavy atom. The topological polar surface area (TPSA) is 21.3 Å². The number of hydrogen-bond donors (Lipinski definition) is 1. The highest BCUT2D eigenvalue weighted by Crippen LogP contribution is 2.25. The van der Waals surface area contributed by atoms with E-state index in [-0.39, 0.29) is 6.04 Å². The highest BCUT2D eigenvalue weighted by molar-refractivity contribution is 5.34. The summed E-state index contributed by atoms with van der Waals surface area (Å²) in [6, 6.07) is 5.85. The van der Waals surface area contributed by atoms with Crippen molar-refractivity contribution in [2.24, 2.45) is 0 Å². The molecule has 1 atom stereocenters. The molecule has 0 aliphatic heterocycles. The van der Waals surface area contributed by atoms with E-state index in [0.717, 1.165) is 18.4 Å². The van der Waals surface area contributed by atoms with Gasteiger partial charge in [-0.1, -0.05) is 18.2 Å². The van der Waals surface area contributed by atoms with Crippen LogP contribution in [0.15, 0.2) is 18.2 Å². The van der Waals surface area contributed by atoms with E-state index in [0.29, 0.717) is 0 Å². The average molecular weight is 273 g/mol. The lowest BCUT2D eigenvalue weighted by Gasteiger charge is -2.20. The van der Waals surface area contributed by atoms with Gasteiger partial charge in [-0.2, -0.15) is 18.7 Å². The maximum absolute atomic E-state index is 12.0. The molecule has 1 aromatic rings. The van der Waals surface area contributed by atoms with Crippen LogP contribution in [0.1, 0.15) is 42.5 Å². The number of hydrogen-bond acceptors (Lipinski definition) is 2. The van der Waals surface area contributed by atoms with Crippen LogP contribution in [0.3, 0.4) is 0 Å². The van der Waals surface area contributed by atoms with Gasteiger partial charge >= 0.3 is 6.18 Å². The van der Waals surface area contributed by atoms with Gasteiger partial charge in [0.2, 0.25) is 0 Å². The Morgan fingerprint density at radius 2 is 1.89 bits per heavy atom. The van der Waals surface area contributed by atoms with Crippen molar-refractivity contribution < 1.29 is 18.0 Å². The number of nitrogens with one attached hydrogen (secondary N) is 1. The SMILES string of the molecule is CC(NOCC(F)(F)F)c1ccc2c(c1)CCCC2. The van der Waals surface area contributed by atoms with Crippen molar-refractivity contribution in [3.63, 3.8) is 0 Å². The molecule has 1 unspecified atom stereocenters. The average Bonchev–Trinajstić information content (AvgIpc) is 2.36. The largest absolute Gasteiger partial charge is 0.413 e. The third-order valence-electron chi connectivity index (χ3n) is 3.37. The zero-order valence-corrected chi connectivity index (χ0v) is 10.9. The first-order valence-corrected chi connectivity index (χ1v) is 6.51. The second-order valence-corrected chi connectivity index (χ2v) is 4.98. The molecular formula is C14H18F3NO. The Labute approximate surface area is 110 Å². The van der Waals surface area contributed by atoms with Crippen LogP contribution in [0.5, 0.6) is 0 Å². The Balaban J connectivity index is 1.94. The van der Waals surface area contributed by atoms with E-state index in [1.165, 1.54) is 24.0 Å². The van der Waals surface area contributed by atoms with Gasteiger partial charge < -0.3 is 0 Å². The molecule has 0 amide bonds. The molecule has 0 saturated carbocycles. The van der Waals surface area contributed by atoms with E-state index in [4.69, 9.17) is 0 Å². The van der Waals surface area contributed by atoms with E-state index < -0.39 is 12.8 Å². The molecular weight excluding hydrogens is 255 g/mol. The van der Waals surface area contributed by atoms with Gasteiger partial charge in [-0.15, -0.1) is 0 Å². The molecule has 106 valence electrons. The summed E-state index contributed by atoms with van der Waals surface area (Å²) in [5, 5.41) is 0. The zero-order chi connectivity index (χ0) is 13.9. The predicted octanol–water partition coefficient (Wildman–Crippen LogP) is 3.71. The molecule has 1 aliphatic carbocycles. The van der Waals surface area contributed by atoms with Crippen LogP contribution in [-0.2, 0) is 17.7 Å². The lowest BCUT2D eigenvalue weighted by Crippen LogP contribution is -2.26. The van der Waals surface area contributed by atoms with Crippen molar-refractivity contribution in [1.82, 2.24) is 5.48 Å². The first-order chi connectivity index (χ1) is 8.96. The van der Waals surface area contributed by atoms with Crippen molar-refractivity contribution in [2.45, 2.75) is 44.8 Å². The quantitative estimate of drug-likeness (QED) is 0.844. The van der Waals surface area contributed by atoms with Crippen molar-refractivity contribution in [3.05, 3.63) is 34.9 Å². The fourth-order valence-corrected chi connectivity index (χ4v) is 2.34. The minimum absolute atomic E-state index is 0.255. The molecule has 0 fully saturated rings. The van der Waals surface area contributed by atoms with E-state index in [1.54, 1.807) is 6.92 Å². The van der Waals surface area contributed by atoms with Gasteiger partial charge in [-0.3, -0.25) is 4.84 Å². The van der Waals surface area contributed by atoms with Gasteiger partial charge in [0.1, 0.15) is 0 Å². The Kier molecular flexibility index (Phi) is 4.47. The molecule has 0 radical (unpaired) electrons. The molecule has 5 heteroatoms. The molecule has 0 spiro atoms. The molecule has 0 saturated heterocycles. The number of halogens is 3. The smallest absolute Gasteiger partial charge is 0.292 e. The monoisotopic (exact) mass is 273 g/mol. The van der Waals surface area contributed by atoms with Crippen LogP contribution in [0.4, 0.5) is 13.2 Å². The normalized spacial score (nSPS) is 17.1. The highest BCUT2D eigenvalue weighted by atomic mass is 19.4. The lowest BCUT2D eigenvalue weighted by atomic mass is 9.89. The number of rotatable bonds is 4. The molecule has 1 aliphatic rings. The third-order valence-corrected chi connectivity index (χ3v) is 3.37. The van der Waals surface area contributed by atoms with Gasteiger partial charge in [0, 0.05) is 0 Å². The van der Waals surface area contributed by atoms with Crippen LogP contribution < -0.4 is 5.48 Å². The Hall–Kier alpha value is -1.07. The first-order valence-electron chi connectivity index (χ1n) is 6.51. The summed E-state index contributed by atoms with van der Waals surface area (Å²) in [5.41, 5.74) is 6.08. The molecule has 0 bridgehead atoms. The van der Waals surface area contributed by atoms with Gasteiger partial charge in [0.05, 0.1) is 6.04 Å². The maximum Gasteiger partial charge on any atom is 0.413 e. The number of fused-ring (bicyclic) bond motifs is 1. The second-order valence-electron chi connectivity index (χ2n) is 4.98. The minimum Gasteiger partial charge on any atom is -0.292 e. The Bertz CT molecular complexity index is 431. The summed E-state index contributed by atoms with van der Waals surface area (Å²) in [5.74, 6) is 0. The summed E-state index contributed by atoms with van der Waals surface area (Å²) >= 11 is 0. The molecule has 2 rings (SSSR count). The van der Waals surface area contributed by atoms with Crippen molar-refractivity contribution >= 4 is 0 Å². The molecule has 2 nitrogen and oxygen atoms in total. The Morgan fingerprint density at radius 3 is 2.58 bits per heavy atom. The number of benzene rings is 1. The van der Waals surface area contributed by atoms with E-state index in [2.05, 4.69) is 22.5 Å². The molecule has 1 N–H and O–H groups in total. The standard InChI is InChI=1S/C14H18F3NO/c1-10(18-19-9-14(15,16)17)12-7-6-11-4-2-3-5-13(11)8-12/h6-8,10,18H,2-5,9H2,1H3. The minimum atomic E-state index is -4.30. The molecule has 1 aromatic carbocycles. The fraction of sp³-hybridized carbons (Fsp3) is 0.571. The number of hydroxylamine groups is 1. The van der Waals surface area contributed by atoms with Gasteiger partial charge in [-0.05, 0) is 49.3 Å². The van der Waals surface area contributed by atoms with Gasteiger partial charge in [0.25, 0.3) is 0 Å². The highest BCUT2D eigenvalue weighted by Gasteiger charge is 2.28. The van der Waals surface area contributed by atoms with E-state index >= 15 is 0 Å². The van der Waals surface area contributed by atoms with Crippen LogP contribution >= 0.6 is 0 Å².